The number of aryl methyl sites for hydroxylation is 1. The van der Waals surface area contributed by atoms with Crippen molar-refractivity contribution in [2.75, 3.05) is 5.32 Å². The first-order valence-electron chi connectivity index (χ1n) is 6.75. The summed E-state index contributed by atoms with van der Waals surface area (Å²) in [6, 6.07) is 11.0. The van der Waals surface area contributed by atoms with Crippen LogP contribution in [0.25, 0.3) is 0 Å². The standard InChI is InChI=1S/C16H17FN2O2/c1-11(7-8-12-5-3-2-4-6-12)19-15-14(16(20)21)9-13(17)10-18-15/h2-6,9-11H,7-8H2,1H3,(H,18,19)(H,20,21). The molecule has 0 bridgehead atoms. The number of nitrogens with zero attached hydrogens (tertiary/aromatic N) is 1. The Hall–Kier alpha value is -2.43. The first kappa shape index (κ1) is 15.0. The van der Waals surface area contributed by atoms with E-state index < -0.39 is 11.8 Å². The van der Waals surface area contributed by atoms with E-state index >= 15 is 0 Å². The van der Waals surface area contributed by atoms with E-state index in [1.165, 1.54) is 5.56 Å². The van der Waals surface area contributed by atoms with Gasteiger partial charge in [-0.3, -0.25) is 0 Å². The number of anilines is 1. The smallest absolute Gasteiger partial charge is 0.339 e. The normalized spacial score (nSPS) is 11.9. The maximum atomic E-state index is 13.1. The Labute approximate surface area is 122 Å². The summed E-state index contributed by atoms with van der Waals surface area (Å²) in [5.41, 5.74) is 1.07. The molecule has 4 nitrogen and oxygen atoms in total. The summed E-state index contributed by atoms with van der Waals surface area (Å²) in [4.78, 5) is 14.9. The Balaban J connectivity index is 1.99. The van der Waals surface area contributed by atoms with E-state index in [4.69, 9.17) is 5.11 Å². The maximum Gasteiger partial charge on any atom is 0.339 e. The Bertz CT molecular complexity index is 617. The van der Waals surface area contributed by atoms with Crippen LogP contribution in [0, 0.1) is 5.82 Å². The molecule has 21 heavy (non-hydrogen) atoms. The summed E-state index contributed by atoms with van der Waals surface area (Å²) >= 11 is 0. The first-order chi connectivity index (χ1) is 10.1. The number of aromatic carboxylic acids is 1. The van der Waals surface area contributed by atoms with Crippen molar-refractivity contribution in [3.63, 3.8) is 0 Å². The van der Waals surface area contributed by atoms with Gasteiger partial charge in [-0.1, -0.05) is 30.3 Å². The Kier molecular flexibility index (Phi) is 4.87. The van der Waals surface area contributed by atoms with Crippen LogP contribution in [0.15, 0.2) is 42.6 Å². The van der Waals surface area contributed by atoms with Crippen molar-refractivity contribution < 1.29 is 14.3 Å². The van der Waals surface area contributed by atoms with Gasteiger partial charge in [-0.25, -0.2) is 14.2 Å². The quantitative estimate of drug-likeness (QED) is 0.855. The predicted molar refractivity (Wildman–Crippen MR) is 79.0 cm³/mol. The lowest BCUT2D eigenvalue weighted by molar-refractivity contribution is 0.0697. The van der Waals surface area contributed by atoms with Gasteiger partial charge in [0.15, 0.2) is 0 Å². The van der Waals surface area contributed by atoms with Crippen molar-refractivity contribution in [3.8, 4) is 0 Å². The zero-order valence-electron chi connectivity index (χ0n) is 11.7. The molecule has 0 saturated carbocycles. The second kappa shape index (κ2) is 6.83. The Morgan fingerprint density at radius 2 is 2.10 bits per heavy atom. The van der Waals surface area contributed by atoms with Crippen molar-refractivity contribution in [1.29, 1.82) is 0 Å². The molecule has 1 aromatic heterocycles. The first-order valence-corrected chi connectivity index (χ1v) is 6.75. The number of hydrogen-bond acceptors (Lipinski definition) is 3. The lowest BCUT2D eigenvalue weighted by atomic mass is 10.1. The number of aromatic nitrogens is 1. The van der Waals surface area contributed by atoms with Gasteiger partial charge in [-0.05, 0) is 31.4 Å². The van der Waals surface area contributed by atoms with Crippen molar-refractivity contribution in [3.05, 3.63) is 59.5 Å². The number of pyridine rings is 1. The van der Waals surface area contributed by atoms with E-state index in [2.05, 4.69) is 10.3 Å². The third-order valence-electron chi connectivity index (χ3n) is 3.18. The highest BCUT2D eigenvalue weighted by Gasteiger charge is 2.14. The summed E-state index contributed by atoms with van der Waals surface area (Å²) in [7, 11) is 0. The average molecular weight is 288 g/mol. The fourth-order valence-corrected chi connectivity index (χ4v) is 2.05. The van der Waals surface area contributed by atoms with Gasteiger partial charge in [-0.15, -0.1) is 0 Å². The minimum absolute atomic E-state index is 0.0290. The third-order valence-corrected chi connectivity index (χ3v) is 3.18. The molecule has 2 N–H and O–H groups in total. The van der Waals surface area contributed by atoms with Crippen LogP contribution in [0.4, 0.5) is 10.2 Å². The molecule has 0 aliphatic heterocycles. The summed E-state index contributed by atoms with van der Waals surface area (Å²) in [5.74, 6) is -1.65. The molecule has 1 atom stereocenters. The van der Waals surface area contributed by atoms with Gasteiger partial charge in [0, 0.05) is 6.04 Å². The number of halogens is 1. The van der Waals surface area contributed by atoms with E-state index in [0.717, 1.165) is 25.1 Å². The molecule has 2 rings (SSSR count). The second-order valence-corrected chi connectivity index (χ2v) is 4.92. The van der Waals surface area contributed by atoms with Crippen LogP contribution in [-0.4, -0.2) is 22.1 Å². The average Bonchev–Trinajstić information content (AvgIpc) is 2.48. The monoisotopic (exact) mass is 288 g/mol. The lowest BCUT2D eigenvalue weighted by Gasteiger charge is -2.16. The fraction of sp³-hybridized carbons (Fsp3) is 0.250. The van der Waals surface area contributed by atoms with E-state index in [1.807, 2.05) is 37.3 Å². The SMILES string of the molecule is CC(CCc1ccccc1)Nc1ncc(F)cc1C(=O)O. The third kappa shape index (κ3) is 4.27. The minimum Gasteiger partial charge on any atom is -0.478 e. The molecule has 110 valence electrons. The Morgan fingerprint density at radius 3 is 2.76 bits per heavy atom. The number of benzene rings is 1. The molecular weight excluding hydrogens is 271 g/mol. The molecule has 0 aliphatic rings. The van der Waals surface area contributed by atoms with Gasteiger partial charge in [0.05, 0.1) is 6.20 Å². The highest BCUT2D eigenvalue weighted by Crippen LogP contribution is 2.16. The molecule has 1 heterocycles. The topological polar surface area (TPSA) is 62.2 Å². The number of carboxylic acid groups (broad SMARTS) is 1. The maximum absolute atomic E-state index is 13.1. The van der Waals surface area contributed by atoms with E-state index in [1.54, 1.807) is 0 Å². The number of carboxylic acids is 1. The van der Waals surface area contributed by atoms with Crippen LogP contribution in [0.3, 0.4) is 0 Å². The van der Waals surface area contributed by atoms with E-state index in [-0.39, 0.29) is 17.4 Å². The van der Waals surface area contributed by atoms with E-state index in [0.29, 0.717) is 0 Å². The molecule has 0 amide bonds. The molecule has 0 aliphatic carbocycles. The summed E-state index contributed by atoms with van der Waals surface area (Å²) in [5, 5.41) is 12.1. The highest BCUT2D eigenvalue weighted by molar-refractivity contribution is 5.93. The van der Waals surface area contributed by atoms with Crippen LogP contribution in [0.5, 0.6) is 0 Å². The van der Waals surface area contributed by atoms with Crippen LogP contribution in [0.2, 0.25) is 0 Å². The second-order valence-electron chi connectivity index (χ2n) is 4.92. The van der Waals surface area contributed by atoms with Crippen molar-refractivity contribution in [2.24, 2.45) is 0 Å². The van der Waals surface area contributed by atoms with Gasteiger partial charge in [-0.2, -0.15) is 0 Å². The van der Waals surface area contributed by atoms with Crippen LogP contribution in [-0.2, 0) is 6.42 Å². The number of hydrogen-bond donors (Lipinski definition) is 2. The summed E-state index contributed by atoms with van der Waals surface area (Å²) in [6.07, 6.45) is 2.71. The molecule has 0 saturated heterocycles. The number of nitrogens with one attached hydrogen (secondary N) is 1. The zero-order valence-corrected chi connectivity index (χ0v) is 11.7. The molecular formula is C16H17FN2O2. The highest BCUT2D eigenvalue weighted by atomic mass is 19.1. The number of rotatable bonds is 6. The molecule has 0 radical (unpaired) electrons. The van der Waals surface area contributed by atoms with Crippen LogP contribution < -0.4 is 5.32 Å². The van der Waals surface area contributed by atoms with E-state index in [9.17, 15) is 9.18 Å². The molecule has 1 aromatic carbocycles. The van der Waals surface area contributed by atoms with Crippen LogP contribution in [0.1, 0.15) is 29.3 Å². The van der Waals surface area contributed by atoms with Gasteiger partial charge in [0.2, 0.25) is 0 Å². The largest absolute Gasteiger partial charge is 0.478 e. The minimum atomic E-state index is -1.19. The zero-order chi connectivity index (χ0) is 15.2. The van der Waals surface area contributed by atoms with Gasteiger partial charge in [0.1, 0.15) is 17.2 Å². The van der Waals surface area contributed by atoms with Crippen molar-refractivity contribution in [2.45, 2.75) is 25.8 Å². The predicted octanol–water partition coefficient (Wildman–Crippen LogP) is 3.35. The fourth-order valence-electron chi connectivity index (χ4n) is 2.05. The van der Waals surface area contributed by atoms with Crippen LogP contribution >= 0.6 is 0 Å². The molecule has 0 spiro atoms. The molecule has 0 fully saturated rings. The van der Waals surface area contributed by atoms with Gasteiger partial charge in [0.25, 0.3) is 0 Å². The lowest BCUT2D eigenvalue weighted by Crippen LogP contribution is -2.19. The van der Waals surface area contributed by atoms with Gasteiger partial charge < -0.3 is 10.4 Å². The molecule has 1 unspecified atom stereocenters. The van der Waals surface area contributed by atoms with Crippen molar-refractivity contribution in [1.82, 2.24) is 4.98 Å². The molecule has 5 heteroatoms. The number of carbonyl (C=O) groups is 1. The van der Waals surface area contributed by atoms with Crippen molar-refractivity contribution >= 4 is 11.8 Å². The van der Waals surface area contributed by atoms with Gasteiger partial charge >= 0.3 is 5.97 Å². The summed E-state index contributed by atoms with van der Waals surface area (Å²) < 4.78 is 13.1. The molecule has 2 aromatic rings. The Morgan fingerprint density at radius 1 is 1.38 bits per heavy atom. The summed E-state index contributed by atoms with van der Waals surface area (Å²) in [6.45, 7) is 1.94.